The number of carbonyl (C=O) groups excluding carboxylic acids is 2. The van der Waals surface area contributed by atoms with Crippen LogP contribution in [0.4, 0.5) is 5.69 Å². The highest BCUT2D eigenvalue weighted by atomic mass is 16.5. The Balaban J connectivity index is 0.945. The molecule has 1 heterocycles. The largest absolute Gasteiger partial charge is 0.497 e. The number of methoxy groups -OCH3 is 1. The standard InChI is InChI=1S/C81H85NO6/c1-9-12-15-18-54-23-25-55(26-24-54)56-27-29-57(30-28-56)58-31-33-59(34-32-58)79(84)82-62-39-45-65(53(5)50-62)69-51-70-75-66-44-22-52(4)49-71(66)80(6,7)77(75)68-46-47-81(60-35-40-63(85-8)41-36-60,61-37-42-64(43-38-61)86-48-14-11-3)88-78(68)76(70)67-19-17-20-72(74(67)69)87-73(83)21-16-13-10-2/h17,19-20,22,27-47,49-51,54-55H,9-16,18,21,23-26,48H2,1-8H3,(H,82,84). The first-order chi connectivity index (χ1) is 42.8. The van der Waals surface area contributed by atoms with E-state index in [1.165, 1.54) is 79.2 Å². The molecule has 7 heteroatoms. The fraction of sp³-hybridized carbons (Fsp3) is 0.333. The number of anilines is 1. The zero-order valence-electron chi connectivity index (χ0n) is 52.9. The number of nitrogens with one attached hydrogen (secondary N) is 1. The summed E-state index contributed by atoms with van der Waals surface area (Å²) in [5.74, 6) is 3.88. The molecule has 3 aliphatic rings. The Labute approximate surface area is 521 Å². The molecule has 1 aliphatic heterocycles. The molecule has 7 nitrogen and oxygen atoms in total. The van der Waals surface area contributed by atoms with Crippen LogP contribution in [-0.4, -0.2) is 25.6 Å². The summed E-state index contributed by atoms with van der Waals surface area (Å²) in [6.07, 6.45) is 20.2. The number of fused-ring (bicyclic) bond motifs is 10. The van der Waals surface area contributed by atoms with E-state index in [1.807, 2.05) is 60.7 Å². The number of esters is 1. The van der Waals surface area contributed by atoms with Crippen molar-refractivity contribution in [3.63, 3.8) is 0 Å². The topological polar surface area (TPSA) is 83.1 Å². The fourth-order valence-corrected chi connectivity index (χ4v) is 14.4. The van der Waals surface area contributed by atoms with E-state index in [-0.39, 0.29) is 11.9 Å². The third kappa shape index (κ3) is 11.7. The van der Waals surface area contributed by atoms with Crippen LogP contribution in [0.1, 0.15) is 185 Å². The summed E-state index contributed by atoms with van der Waals surface area (Å²) >= 11 is 0. The van der Waals surface area contributed by atoms with E-state index in [2.05, 4.69) is 163 Å². The van der Waals surface area contributed by atoms with Crippen LogP contribution in [0.5, 0.6) is 23.0 Å². The lowest BCUT2D eigenvalue weighted by atomic mass is 9.76. The molecule has 0 aromatic heterocycles. The smallest absolute Gasteiger partial charge is 0.311 e. The van der Waals surface area contributed by atoms with Gasteiger partial charge in [-0.2, -0.15) is 0 Å². The third-order valence-corrected chi connectivity index (χ3v) is 19.4. The van der Waals surface area contributed by atoms with Crippen LogP contribution in [0.25, 0.3) is 61.0 Å². The maximum atomic E-state index is 14.1. The van der Waals surface area contributed by atoms with Crippen molar-refractivity contribution in [2.45, 2.75) is 155 Å². The highest BCUT2D eigenvalue weighted by Gasteiger charge is 2.45. The van der Waals surface area contributed by atoms with Crippen molar-refractivity contribution in [3.05, 3.63) is 214 Å². The highest BCUT2D eigenvalue weighted by Crippen LogP contribution is 2.60. The highest BCUT2D eigenvalue weighted by molar-refractivity contribution is 6.24. The Morgan fingerprint density at radius 3 is 1.99 bits per heavy atom. The second-order valence-electron chi connectivity index (χ2n) is 25.6. The first kappa shape index (κ1) is 59.9. The molecule has 12 rings (SSSR count). The van der Waals surface area contributed by atoms with Gasteiger partial charge in [0.05, 0.1) is 13.7 Å². The number of hydrogen-bond acceptors (Lipinski definition) is 6. The zero-order chi connectivity index (χ0) is 61.1. The van der Waals surface area contributed by atoms with Gasteiger partial charge in [-0.1, -0.05) is 188 Å². The summed E-state index contributed by atoms with van der Waals surface area (Å²) in [4.78, 5) is 28.2. The summed E-state index contributed by atoms with van der Waals surface area (Å²) in [6.45, 7) is 16.2. The number of hydrogen-bond donors (Lipinski definition) is 1. The van der Waals surface area contributed by atoms with Crippen molar-refractivity contribution in [1.29, 1.82) is 0 Å². The molecule has 9 aromatic rings. The minimum Gasteiger partial charge on any atom is -0.497 e. The van der Waals surface area contributed by atoms with E-state index in [1.54, 1.807) is 7.11 Å². The van der Waals surface area contributed by atoms with Crippen molar-refractivity contribution >= 4 is 45.2 Å². The molecule has 1 unspecified atom stereocenters. The van der Waals surface area contributed by atoms with Crippen molar-refractivity contribution < 1.29 is 28.5 Å². The minimum atomic E-state index is -1.08. The molecular formula is C81H85NO6. The molecule has 450 valence electrons. The van der Waals surface area contributed by atoms with Gasteiger partial charge in [0.1, 0.15) is 23.0 Å². The molecule has 0 saturated heterocycles. The number of carbonyl (C=O) groups is 2. The van der Waals surface area contributed by atoms with E-state index >= 15 is 0 Å². The summed E-state index contributed by atoms with van der Waals surface area (Å²) in [5.41, 5.74) is 15.2. The van der Waals surface area contributed by atoms with Gasteiger partial charge in [-0.3, -0.25) is 9.59 Å². The zero-order valence-corrected chi connectivity index (χ0v) is 52.9. The summed E-state index contributed by atoms with van der Waals surface area (Å²) in [6, 6.07) is 55.0. The molecule has 0 spiro atoms. The van der Waals surface area contributed by atoms with Gasteiger partial charge in [0.25, 0.3) is 5.91 Å². The lowest BCUT2D eigenvalue weighted by Crippen LogP contribution is -2.35. The van der Waals surface area contributed by atoms with Gasteiger partial charge in [0.2, 0.25) is 0 Å². The normalized spacial score (nSPS) is 17.2. The molecule has 1 atom stereocenters. The maximum Gasteiger partial charge on any atom is 0.311 e. The van der Waals surface area contributed by atoms with Crippen LogP contribution in [0.15, 0.2) is 164 Å². The van der Waals surface area contributed by atoms with Crippen molar-refractivity contribution in [2.24, 2.45) is 5.92 Å². The Kier molecular flexibility index (Phi) is 17.5. The van der Waals surface area contributed by atoms with Crippen LogP contribution in [0.3, 0.4) is 0 Å². The Hall–Kier alpha value is -8.42. The second-order valence-corrected chi connectivity index (χ2v) is 25.6. The van der Waals surface area contributed by atoms with E-state index in [9.17, 15) is 9.59 Å². The van der Waals surface area contributed by atoms with Crippen LogP contribution < -0.4 is 24.3 Å². The molecule has 2 aliphatic carbocycles. The molecule has 1 N–H and O–H groups in total. The van der Waals surface area contributed by atoms with E-state index in [0.29, 0.717) is 35.9 Å². The average molecular weight is 1170 g/mol. The summed E-state index contributed by atoms with van der Waals surface area (Å²) in [5, 5.41) is 6.89. The van der Waals surface area contributed by atoms with Crippen molar-refractivity contribution in [3.8, 4) is 56.4 Å². The SMILES string of the molecule is CCCCCC(=O)Oc1cccc2c1c(-c1ccc(NC(=O)c3ccc(-c4ccc(C5CCC(CCCCC)CC5)cc4)cc3)cc1C)cc1c3c(c4c(c12)OC(c1ccc(OC)cc1)(c1ccc(OCCCC)cc1)C=C4)C(C)(C)c1cc(C)ccc1-3. The number of unbranched alkanes of at least 4 members (excludes halogenated alkanes) is 5. The van der Waals surface area contributed by atoms with E-state index < -0.39 is 11.0 Å². The van der Waals surface area contributed by atoms with Crippen LogP contribution in [0.2, 0.25) is 0 Å². The number of rotatable bonds is 21. The van der Waals surface area contributed by atoms with Gasteiger partial charge in [-0.15, -0.1) is 0 Å². The van der Waals surface area contributed by atoms with Crippen molar-refractivity contribution in [2.75, 3.05) is 19.0 Å². The maximum absolute atomic E-state index is 14.1. The third-order valence-electron chi connectivity index (χ3n) is 19.4. The van der Waals surface area contributed by atoms with Crippen LogP contribution >= 0.6 is 0 Å². The Morgan fingerprint density at radius 1 is 0.636 bits per heavy atom. The Morgan fingerprint density at radius 2 is 1.31 bits per heavy atom. The number of amides is 1. The lowest BCUT2D eigenvalue weighted by Gasteiger charge is -2.39. The molecule has 0 radical (unpaired) electrons. The first-order valence-corrected chi connectivity index (χ1v) is 32.6. The molecule has 88 heavy (non-hydrogen) atoms. The predicted molar refractivity (Wildman–Crippen MR) is 363 cm³/mol. The predicted octanol–water partition coefficient (Wildman–Crippen LogP) is 21.4. The van der Waals surface area contributed by atoms with Crippen molar-refractivity contribution in [1.82, 2.24) is 0 Å². The molecular weight excluding hydrogens is 1080 g/mol. The number of benzene rings is 9. The quantitative estimate of drug-likeness (QED) is 0.0334. The van der Waals surface area contributed by atoms with Gasteiger partial charge in [-0.25, -0.2) is 0 Å². The first-order valence-electron chi connectivity index (χ1n) is 32.6. The minimum absolute atomic E-state index is 0.180. The molecule has 0 bridgehead atoms. The molecule has 9 aromatic carbocycles. The van der Waals surface area contributed by atoms with Crippen LogP contribution in [0, 0.1) is 19.8 Å². The summed E-state index contributed by atoms with van der Waals surface area (Å²) < 4.78 is 26.4. The van der Waals surface area contributed by atoms with Gasteiger partial charge in [0.15, 0.2) is 5.60 Å². The average Bonchev–Trinajstić information content (AvgIpc) is 1.39. The number of ether oxygens (including phenoxy) is 4. The monoisotopic (exact) mass is 1170 g/mol. The number of aryl methyl sites for hydroxylation is 2. The summed E-state index contributed by atoms with van der Waals surface area (Å²) in [7, 11) is 1.69. The molecule has 1 amide bonds. The van der Waals surface area contributed by atoms with Gasteiger partial charge < -0.3 is 24.3 Å². The second kappa shape index (κ2) is 25.7. The molecule has 1 fully saturated rings. The van der Waals surface area contributed by atoms with Crippen LogP contribution in [-0.2, 0) is 15.8 Å². The van der Waals surface area contributed by atoms with Gasteiger partial charge in [0, 0.05) is 50.5 Å². The lowest BCUT2D eigenvalue weighted by molar-refractivity contribution is -0.134. The van der Waals surface area contributed by atoms with E-state index in [4.69, 9.17) is 18.9 Å². The fourth-order valence-electron chi connectivity index (χ4n) is 14.4. The van der Waals surface area contributed by atoms with E-state index in [0.717, 1.165) is 127 Å². The Bertz CT molecular complexity index is 4050. The van der Waals surface area contributed by atoms with Gasteiger partial charge >= 0.3 is 5.97 Å². The molecule has 1 saturated carbocycles. The van der Waals surface area contributed by atoms with Gasteiger partial charge in [-0.05, 0) is 197 Å².